The van der Waals surface area contributed by atoms with Crippen molar-refractivity contribution in [3.63, 3.8) is 0 Å². The molecule has 0 bridgehead atoms. The van der Waals surface area contributed by atoms with E-state index in [-0.39, 0.29) is 105 Å². The lowest BCUT2D eigenvalue weighted by molar-refractivity contribution is -0.152. The van der Waals surface area contributed by atoms with E-state index in [2.05, 4.69) is 47.5 Å². The third-order valence-electron chi connectivity index (χ3n) is 23.5. The number of hydrogen-bond donors (Lipinski definition) is 14. The molecule has 3 heterocycles. The second-order valence-electron chi connectivity index (χ2n) is 34.3. The van der Waals surface area contributed by atoms with Gasteiger partial charge in [-0.1, -0.05) is 181 Å². The molecule has 13 atom stereocenters. The number of phenols is 2. The van der Waals surface area contributed by atoms with Gasteiger partial charge in [-0.25, -0.2) is 0 Å². The highest BCUT2D eigenvalue weighted by molar-refractivity contribution is 8.00. The van der Waals surface area contributed by atoms with Gasteiger partial charge in [-0.3, -0.25) is 71.9 Å². The Kier molecular flexibility index (Phi) is 39.3. The maximum Gasteiger partial charge on any atom is 0.305 e. The summed E-state index contributed by atoms with van der Waals surface area (Å²) < 4.78 is 0. The number of nitrogens with two attached hydrogens (primary N) is 2. The van der Waals surface area contributed by atoms with E-state index in [1.165, 1.54) is 93.8 Å². The van der Waals surface area contributed by atoms with Crippen LogP contribution in [0, 0.1) is 11.8 Å². The number of aromatic nitrogens is 1. The van der Waals surface area contributed by atoms with Gasteiger partial charge in [0.2, 0.25) is 82.7 Å². The van der Waals surface area contributed by atoms with Crippen molar-refractivity contribution < 1.29 is 92.0 Å². The Balaban J connectivity index is 0.946. The summed E-state index contributed by atoms with van der Waals surface area (Å²) in [5, 5.41) is 52.5. The highest BCUT2D eigenvalue weighted by Crippen LogP contribution is 2.29. The first-order valence-electron chi connectivity index (χ1n) is 44.4. The van der Waals surface area contributed by atoms with Gasteiger partial charge in [0.25, 0.3) is 0 Å². The Hall–Kier alpha value is -13.2. The summed E-state index contributed by atoms with van der Waals surface area (Å²) in [7, 11) is 4.30. The number of aliphatic carboxylic acids is 1. The van der Waals surface area contributed by atoms with E-state index in [9.17, 15) is 58.5 Å². The zero-order valence-corrected chi connectivity index (χ0v) is 77.6. The number of carbonyl (C=O) groups is 16. The van der Waals surface area contributed by atoms with Crippen LogP contribution in [0.2, 0.25) is 0 Å². The van der Waals surface area contributed by atoms with Crippen LogP contribution in [0.1, 0.15) is 113 Å². The number of aromatic amines is 1. The summed E-state index contributed by atoms with van der Waals surface area (Å²) in [5.74, 6) is -13.9. The number of carboxylic acid groups (broad SMARTS) is 1. The molecule has 0 spiro atoms. The van der Waals surface area contributed by atoms with Crippen molar-refractivity contribution in [2.75, 3.05) is 57.4 Å². The highest BCUT2D eigenvalue weighted by atomic mass is 32.2. The number of primary amides is 1. The minimum atomic E-state index is -1.58. The van der Waals surface area contributed by atoms with Crippen LogP contribution in [0.15, 0.2) is 170 Å². The molecule has 9 rings (SSSR count). The number of aromatic hydroxyl groups is 2. The van der Waals surface area contributed by atoms with Crippen LogP contribution in [-0.2, 0) is 115 Å². The Morgan fingerprint density at radius 2 is 1.04 bits per heavy atom. The van der Waals surface area contributed by atoms with E-state index in [0.717, 1.165) is 11.8 Å². The molecule has 14 amide bonds. The van der Waals surface area contributed by atoms with Gasteiger partial charge in [-0.2, -0.15) is 0 Å². The zero-order chi connectivity index (χ0) is 96.7. The fourth-order valence-corrected chi connectivity index (χ4v) is 18.0. The minimum Gasteiger partial charge on any atom is -0.508 e. The number of amides is 14. The molecule has 6 aromatic carbocycles. The molecule has 37 heteroatoms. The van der Waals surface area contributed by atoms with Crippen LogP contribution in [0.3, 0.4) is 0 Å². The predicted octanol–water partition coefficient (Wildman–Crippen LogP) is 3.33. The lowest BCUT2D eigenvalue weighted by atomic mass is 9.99. The summed E-state index contributed by atoms with van der Waals surface area (Å²) in [4.78, 5) is 239. The number of carbonyl (C=O) groups excluding carboxylic acids is 15. The topological polar surface area (TPSA) is 514 Å². The number of nitrogens with one attached hydrogen (secondary N) is 9. The van der Waals surface area contributed by atoms with Crippen molar-refractivity contribution in [3.05, 3.63) is 203 Å². The second-order valence-corrected chi connectivity index (χ2v) is 36.3. The molecule has 0 radical (unpaired) electrons. The Morgan fingerprint density at radius 1 is 0.534 bits per heavy atom. The van der Waals surface area contributed by atoms with E-state index in [4.69, 9.17) is 11.5 Å². The fraction of sp³-hybridized carbons (Fsp3) is 0.438. The third-order valence-corrected chi connectivity index (χ3v) is 25.5. The minimum absolute atomic E-state index is 0.0156. The van der Waals surface area contributed by atoms with E-state index in [1.807, 2.05) is 13.0 Å². The maximum absolute atomic E-state index is 15.5. The lowest BCUT2D eigenvalue weighted by Gasteiger charge is -2.38. The molecule has 7 aromatic rings. The number of H-pyrrole nitrogens is 1. The number of thioether (sulfide) groups is 2. The summed E-state index contributed by atoms with van der Waals surface area (Å²) in [6.45, 7) is 8.38. The molecule has 2 unspecified atom stereocenters. The van der Waals surface area contributed by atoms with Gasteiger partial charge in [-0.05, 0) is 101 Å². The van der Waals surface area contributed by atoms with E-state index >= 15 is 33.6 Å². The number of rotatable bonds is 49. The molecule has 2 aliphatic heterocycles. The zero-order valence-electron chi connectivity index (χ0n) is 75.9. The Labute approximate surface area is 781 Å². The lowest BCUT2D eigenvalue weighted by Crippen LogP contribution is -2.61. The average Bonchev–Trinajstić information content (AvgIpc) is 1.71. The molecule has 16 N–H and O–H groups in total. The van der Waals surface area contributed by atoms with Gasteiger partial charge in [0.15, 0.2) is 0 Å². The number of nitrogens with zero attached hydrogens (tertiary/aromatic N) is 5. The second kappa shape index (κ2) is 50.5. The molecule has 0 aliphatic carbocycles. The normalized spacial score (nSPS) is 16.1. The van der Waals surface area contributed by atoms with E-state index in [1.54, 1.807) is 155 Å². The number of likely N-dealkylation sites (N-methyl/N-ethyl adjacent to an activating group) is 3. The van der Waals surface area contributed by atoms with Crippen molar-refractivity contribution in [1.82, 2.24) is 72.0 Å². The van der Waals surface area contributed by atoms with Gasteiger partial charge in [0, 0.05) is 94.8 Å². The SMILES string of the molecule is CCCC[C@@H](C(=O)N1CCC[C@@H]1C(=O)N[C@H](C=O)CC(=O)O)N(C)C(=O)C(Cc1ccccc1)N(C)C(=O)[C@H](Cc1ccccc1)NC(=O)CSC[C@H](NC(=O)[C@H](CC(C)C)NC(=O)[C@H](Cc1ccc(O)cc1)NC(=O)[C@H](Cc1c[nH]c2ccccc12)NC(=O)[C@H]1CSCN1C(=O)[C@H](Cc1ccc(O)cc1)NC(=O)C(Cc1ccccc1)N(C)C(=O)[C@@H](N)C(C)C)C(=O)NCC(N)=O. The average molecular weight is 1870 g/mol. The van der Waals surface area contributed by atoms with Crippen LogP contribution in [0.4, 0.5) is 0 Å². The predicted molar refractivity (Wildman–Crippen MR) is 502 cm³/mol. The molecular weight excluding hydrogens is 1750 g/mol. The molecule has 2 saturated heterocycles. The van der Waals surface area contributed by atoms with Crippen LogP contribution in [-0.4, -0.2) is 276 Å². The number of carboxylic acids is 1. The molecule has 35 nitrogen and oxygen atoms in total. The molecule has 2 aliphatic rings. The largest absolute Gasteiger partial charge is 0.508 e. The number of hydrogen-bond acceptors (Lipinski definition) is 21. The van der Waals surface area contributed by atoms with Gasteiger partial charge < -0.3 is 104 Å². The van der Waals surface area contributed by atoms with Crippen molar-refractivity contribution >= 4 is 129 Å². The van der Waals surface area contributed by atoms with Gasteiger partial charge >= 0.3 is 5.97 Å². The molecule has 133 heavy (non-hydrogen) atoms. The molecule has 0 saturated carbocycles. The van der Waals surface area contributed by atoms with Crippen LogP contribution in [0.25, 0.3) is 10.9 Å². The number of aldehydes is 1. The Bertz CT molecular complexity index is 5190. The first-order valence-corrected chi connectivity index (χ1v) is 46.7. The number of unbranched alkanes of at least 4 members (excludes halogenated alkanes) is 1. The Morgan fingerprint density at radius 3 is 1.61 bits per heavy atom. The number of likely N-dealkylation sites (tertiary alicyclic amines) is 1. The molecule has 712 valence electrons. The third kappa shape index (κ3) is 30.2. The summed E-state index contributed by atoms with van der Waals surface area (Å²) in [6, 6.07) is 28.0. The molecular formula is C96H122N16O19S2. The van der Waals surface area contributed by atoms with Crippen LogP contribution in [0.5, 0.6) is 11.5 Å². The smallest absolute Gasteiger partial charge is 0.305 e. The quantitative estimate of drug-likeness (QED) is 0.0243. The first kappa shape index (κ1) is 104. The van der Waals surface area contributed by atoms with Gasteiger partial charge in [-0.15, -0.1) is 23.5 Å². The number of benzene rings is 6. The number of fused-ring (bicyclic) bond motifs is 1. The first-order chi connectivity index (χ1) is 63.5. The van der Waals surface area contributed by atoms with E-state index < -0.39 is 186 Å². The standard InChI is InChI=1S/C96H122N16O19S2/c1-9-10-31-77(95(130)111-41-22-32-76(111)89(124)101-65(52-113)49-83(118)119)108(6)94(129)79(47-61-27-18-13-19-28-61)110(8)92(127)73(44-59-23-14-11-15-24-59)102-82(117)55-132-53-75(85(120)100-51-81(97)116)107-86(121)70(42-57(2)3)103-87(122)71(43-62-33-37-66(114)38-34-62)104-88(123)72(48-64-50-99-69-30-21-20-29-68(64)69)105-91(126)80-54-133-56-112(80)93(128)74(45-63-35-39-67(115)40-36-63)106-90(125)78(46-60-25-16-12-17-26-60)109(7)96(131)84(98)58(4)5/h11-21,23-30,33-40,50,52,57-58,65,70-80,84,99,114-115H,9-10,22,31-32,41-49,51,53-56,98H2,1-8H3,(H2,97,116)(H,100,120)(H,101,124)(H,102,117)(H,103,122)(H,104,123)(H,105,126)(H,106,125)(H,107,121)(H,118,119)/t65-,70-,71-,72-,73-,74-,75-,76+,77-,78?,79?,80+,84-/m0/s1. The van der Waals surface area contributed by atoms with Gasteiger partial charge in [0.05, 0.1) is 36.7 Å². The van der Waals surface area contributed by atoms with Crippen molar-refractivity contribution in [2.45, 2.75) is 197 Å². The molecule has 1 aromatic heterocycles. The van der Waals surface area contributed by atoms with Crippen molar-refractivity contribution in [3.8, 4) is 11.5 Å². The highest BCUT2D eigenvalue weighted by Gasteiger charge is 2.46. The van der Waals surface area contributed by atoms with Crippen LogP contribution >= 0.6 is 23.5 Å². The van der Waals surface area contributed by atoms with Crippen LogP contribution < -0.4 is 54.0 Å². The molecule has 2 fully saturated rings. The van der Waals surface area contributed by atoms with Gasteiger partial charge in [0.1, 0.15) is 84.2 Å². The summed E-state index contributed by atoms with van der Waals surface area (Å²) >= 11 is 2.07. The number of para-hydroxylation sites is 1. The summed E-state index contributed by atoms with van der Waals surface area (Å²) in [6.07, 6.45) is 2.19. The monoisotopic (exact) mass is 1870 g/mol. The maximum atomic E-state index is 15.5. The fourth-order valence-electron chi connectivity index (χ4n) is 16.0. The summed E-state index contributed by atoms with van der Waals surface area (Å²) in [5.41, 5.74) is 16.0. The number of phenolic OH excluding ortho intramolecular Hbond substituents is 2. The van der Waals surface area contributed by atoms with Crippen molar-refractivity contribution in [2.24, 2.45) is 23.3 Å². The van der Waals surface area contributed by atoms with E-state index in [0.29, 0.717) is 69.8 Å². The van der Waals surface area contributed by atoms with Crippen molar-refractivity contribution in [1.29, 1.82) is 0 Å².